The van der Waals surface area contributed by atoms with E-state index in [1.807, 2.05) is 18.2 Å². The number of carbonyl (C=O) groups excluding carboxylic acids is 2. The molecule has 4 rings (SSSR count). The van der Waals surface area contributed by atoms with Crippen molar-refractivity contribution < 1.29 is 14.3 Å². The summed E-state index contributed by atoms with van der Waals surface area (Å²) in [6.07, 6.45) is 0. The number of nitrogens with one attached hydrogen (secondary N) is 1. The van der Waals surface area contributed by atoms with Crippen LogP contribution in [0.1, 0.15) is 26.3 Å². The number of ether oxygens (including phenoxy) is 1. The van der Waals surface area contributed by atoms with Gasteiger partial charge in [-0.25, -0.2) is 0 Å². The van der Waals surface area contributed by atoms with E-state index in [9.17, 15) is 9.59 Å². The molecule has 0 saturated heterocycles. The Morgan fingerprint density at radius 3 is 2.38 bits per heavy atom. The topological polar surface area (TPSA) is 58.6 Å². The second-order valence-corrected chi connectivity index (χ2v) is 7.41. The molecule has 0 radical (unpaired) electrons. The van der Waals surface area contributed by atoms with Crippen LogP contribution < -0.4 is 15.0 Å². The molecule has 0 aromatic heterocycles. The number of hydrogen-bond acceptors (Lipinski definition) is 3. The number of methoxy groups -OCH3 is 1. The van der Waals surface area contributed by atoms with Crippen molar-refractivity contribution in [2.45, 2.75) is 6.54 Å². The maximum absolute atomic E-state index is 13.1. The first-order valence-corrected chi connectivity index (χ1v) is 9.57. The number of halogens is 2. The van der Waals surface area contributed by atoms with Crippen molar-refractivity contribution in [3.8, 4) is 5.75 Å². The zero-order chi connectivity index (χ0) is 20.5. The van der Waals surface area contributed by atoms with Crippen molar-refractivity contribution in [3.63, 3.8) is 0 Å². The fraction of sp³-hybridized carbons (Fsp3) is 0.0909. The average Bonchev–Trinajstić information content (AvgIpc) is 3.04. The minimum absolute atomic E-state index is 0.222. The smallest absolute Gasteiger partial charge is 0.259 e. The molecular weight excluding hydrogens is 411 g/mol. The second-order valence-electron chi connectivity index (χ2n) is 6.54. The summed E-state index contributed by atoms with van der Waals surface area (Å²) in [6, 6.07) is 17.2. The normalized spacial score (nSPS) is 12.7. The summed E-state index contributed by atoms with van der Waals surface area (Å²) in [5, 5.41) is 3.58. The highest BCUT2D eigenvalue weighted by molar-refractivity contribution is 6.35. The summed E-state index contributed by atoms with van der Waals surface area (Å²) in [5.74, 6) is 0.0864. The Labute approximate surface area is 177 Å². The van der Waals surface area contributed by atoms with E-state index in [2.05, 4.69) is 5.32 Å². The summed E-state index contributed by atoms with van der Waals surface area (Å²) >= 11 is 12.0. The molecule has 7 heteroatoms. The monoisotopic (exact) mass is 426 g/mol. The Bertz CT molecular complexity index is 1090. The minimum Gasteiger partial charge on any atom is -0.497 e. The van der Waals surface area contributed by atoms with E-state index in [1.165, 1.54) is 0 Å². The van der Waals surface area contributed by atoms with Crippen LogP contribution in [0.15, 0.2) is 60.7 Å². The molecular formula is C22H16Cl2N2O3. The molecule has 0 spiro atoms. The van der Waals surface area contributed by atoms with Crippen LogP contribution in [-0.4, -0.2) is 18.9 Å². The van der Waals surface area contributed by atoms with Crippen molar-refractivity contribution in [1.82, 2.24) is 0 Å². The second kappa shape index (κ2) is 7.78. The highest BCUT2D eigenvalue weighted by atomic mass is 35.5. The van der Waals surface area contributed by atoms with Gasteiger partial charge in [-0.3, -0.25) is 9.59 Å². The summed E-state index contributed by atoms with van der Waals surface area (Å²) in [6.45, 7) is 0.393. The molecule has 146 valence electrons. The van der Waals surface area contributed by atoms with Gasteiger partial charge in [-0.05, 0) is 54.1 Å². The standard InChI is InChI=1S/C22H16Cl2N2O3/c1-29-18-7-5-17(6-8-18)26-12-13-3-2-4-19(20(13)22(26)28)21(27)25-16-10-14(23)9-15(24)11-16/h2-11H,12H2,1H3,(H,25,27). The van der Waals surface area contributed by atoms with E-state index >= 15 is 0 Å². The van der Waals surface area contributed by atoms with Crippen LogP contribution in [0, 0.1) is 0 Å². The molecule has 5 nitrogen and oxygen atoms in total. The van der Waals surface area contributed by atoms with Gasteiger partial charge in [0.05, 0.1) is 24.8 Å². The van der Waals surface area contributed by atoms with Crippen LogP contribution >= 0.6 is 23.2 Å². The van der Waals surface area contributed by atoms with E-state index in [4.69, 9.17) is 27.9 Å². The molecule has 0 atom stereocenters. The van der Waals surface area contributed by atoms with Crippen LogP contribution in [-0.2, 0) is 6.54 Å². The molecule has 2 amide bonds. The Kier molecular flexibility index (Phi) is 5.18. The van der Waals surface area contributed by atoms with Gasteiger partial charge in [0.25, 0.3) is 11.8 Å². The van der Waals surface area contributed by atoms with Crippen molar-refractivity contribution in [3.05, 3.63) is 87.4 Å². The lowest BCUT2D eigenvalue weighted by molar-refractivity contribution is 0.0976. The maximum Gasteiger partial charge on any atom is 0.259 e. The van der Waals surface area contributed by atoms with Gasteiger partial charge in [0.1, 0.15) is 5.75 Å². The van der Waals surface area contributed by atoms with E-state index in [0.29, 0.717) is 39.2 Å². The van der Waals surface area contributed by atoms with Gasteiger partial charge in [0.2, 0.25) is 0 Å². The van der Waals surface area contributed by atoms with Gasteiger partial charge >= 0.3 is 0 Å². The molecule has 0 bridgehead atoms. The minimum atomic E-state index is -0.398. The fourth-order valence-electron chi connectivity index (χ4n) is 3.35. The third-order valence-corrected chi connectivity index (χ3v) is 5.12. The number of nitrogens with zero attached hydrogens (tertiary/aromatic N) is 1. The largest absolute Gasteiger partial charge is 0.497 e. The molecule has 29 heavy (non-hydrogen) atoms. The highest BCUT2D eigenvalue weighted by Crippen LogP contribution is 2.32. The van der Waals surface area contributed by atoms with Crippen LogP contribution in [0.2, 0.25) is 10.0 Å². The first-order valence-electron chi connectivity index (χ1n) is 8.81. The lowest BCUT2D eigenvalue weighted by Gasteiger charge is -2.16. The van der Waals surface area contributed by atoms with Gasteiger partial charge in [0, 0.05) is 21.4 Å². The van der Waals surface area contributed by atoms with E-state index < -0.39 is 5.91 Å². The molecule has 0 aliphatic carbocycles. The van der Waals surface area contributed by atoms with Gasteiger partial charge < -0.3 is 15.0 Å². The third-order valence-electron chi connectivity index (χ3n) is 4.69. The lowest BCUT2D eigenvalue weighted by Crippen LogP contribution is -2.24. The maximum atomic E-state index is 13.1. The summed E-state index contributed by atoms with van der Waals surface area (Å²) < 4.78 is 5.17. The average molecular weight is 427 g/mol. The van der Waals surface area contributed by atoms with Gasteiger partial charge in [-0.15, -0.1) is 0 Å². The number of hydrogen-bond donors (Lipinski definition) is 1. The number of amides is 2. The van der Waals surface area contributed by atoms with Gasteiger partial charge in [0.15, 0.2) is 0 Å². The summed E-state index contributed by atoms with van der Waals surface area (Å²) in [4.78, 5) is 27.6. The van der Waals surface area contributed by atoms with Crippen LogP contribution in [0.25, 0.3) is 0 Å². The lowest BCUT2D eigenvalue weighted by atomic mass is 10.0. The molecule has 0 saturated carbocycles. The van der Waals surface area contributed by atoms with E-state index in [1.54, 1.807) is 54.5 Å². The quantitative estimate of drug-likeness (QED) is 0.606. The zero-order valence-electron chi connectivity index (χ0n) is 15.4. The highest BCUT2D eigenvalue weighted by Gasteiger charge is 2.32. The molecule has 1 aliphatic rings. The number of fused-ring (bicyclic) bond motifs is 1. The van der Waals surface area contributed by atoms with Gasteiger partial charge in [-0.2, -0.15) is 0 Å². The molecule has 1 aliphatic heterocycles. The van der Waals surface area contributed by atoms with Crippen molar-refractivity contribution >= 4 is 46.4 Å². The number of rotatable bonds is 4. The molecule has 1 N–H and O–H groups in total. The van der Waals surface area contributed by atoms with Gasteiger partial charge in [-0.1, -0.05) is 35.3 Å². The number of benzene rings is 3. The summed E-state index contributed by atoms with van der Waals surface area (Å²) in [5.41, 5.74) is 2.69. The molecule has 3 aromatic rings. The van der Waals surface area contributed by atoms with E-state index in [0.717, 1.165) is 11.3 Å². The van der Waals surface area contributed by atoms with Crippen molar-refractivity contribution in [2.75, 3.05) is 17.3 Å². The van der Waals surface area contributed by atoms with Crippen LogP contribution in [0.4, 0.5) is 11.4 Å². The SMILES string of the molecule is COc1ccc(N2Cc3cccc(C(=O)Nc4cc(Cl)cc(Cl)c4)c3C2=O)cc1. The predicted molar refractivity (Wildman–Crippen MR) is 114 cm³/mol. The Morgan fingerprint density at radius 1 is 1.03 bits per heavy atom. The van der Waals surface area contributed by atoms with E-state index in [-0.39, 0.29) is 5.91 Å². The van der Waals surface area contributed by atoms with Crippen molar-refractivity contribution in [2.24, 2.45) is 0 Å². The molecule has 0 fully saturated rings. The number of anilines is 2. The molecule has 0 unspecified atom stereocenters. The zero-order valence-corrected chi connectivity index (χ0v) is 16.9. The number of carbonyl (C=O) groups is 2. The van der Waals surface area contributed by atoms with Crippen molar-refractivity contribution in [1.29, 1.82) is 0 Å². The Hall–Kier alpha value is -3.02. The molecule has 3 aromatic carbocycles. The van der Waals surface area contributed by atoms with Crippen LogP contribution in [0.3, 0.4) is 0 Å². The third kappa shape index (κ3) is 3.79. The Morgan fingerprint density at radius 2 is 1.72 bits per heavy atom. The van der Waals surface area contributed by atoms with Crippen LogP contribution in [0.5, 0.6) is 5.75 Å². The first kappa shape index (κ1) is 19.3. The first-order chi connectivity index (χ1) is 14.0. The predicted octanol–water partition coefficient (Wildman–Crippen LogP) is 5.41. The Balaban J connectivity index is 1.63. The summed E-state index contributed by atoms with van der Waals surface area (Å²) in [7, 11) is 1.59. The fourth-order valence-corrected chi connectivity index (χ4v) is 3.87. The molecule has 1 heterocycles.